The molecule has 0 radical (unpaired) electrons. The summed E-state index contributed by atoms with van der Waals surface area (Å²) in [6.45, 7) is 6.29. The summed E-state index contributed by atoms with van der Waals surface area (Å²) in [4.78, 5) is 36.8. The van der Waals surface area contributed by atoms with Gasteiger partial charge in [0.25, 0.3) is 5.56 Å². The molecule has 28 heavy (non-hydrogen) atoms. The lowest BCUT2D eigenvalue weighted by molar-refractivity contribution is -0.116. The fraction of sp³-hybridized carbons (Fsp3) is 0.421. The molecule has 0 unspecified atom stereocenters. The van der Waals surface area contributed by atoms with Crippen molar-refractivity contribution < 1.29 is 9.18 Å². The fourth-order valence-electron chi connectivity index (χ4n) is 3.88. The van der Waals surface area contributed by atoms with Gasteiger partial charge in [0.1, 0.15) is 11.6 Å². The Morgan fingerprint density at radius 1 is 1.21 bits per heavy atom. The molecule has 0 aliphatic carbocycles. The standard InChI is InChI=1S/C19H21ClFN5O2/c1-2-25-6-8-26(9-7-25)19-23-17-16(18(28)24-19)11(10-14(27)22-17)15-12(20)4-3-5-13(15)21/h3-5,11H,2,6-10H2,1H3,(H2,22,23,24,27,28)/t11-/m1/s1. The first-order valence-corrected chi connectivity index (χ1v) is 9.71. The smallest absolute Gasteiger partial charge is 0.258 e. The van der Waals surface area contributed by atoms with Gasteiger partial charge in [0.2, 0.25) is 11.9 Å². The van der Waals surface area contributed by atoms with Crippen LogP contribution in [0.25, 0.3) is 0 Å². The highest BCUT2D eigenvalue weighted by atomic mass is 35.5. The summed E-state index contributed by atoms with van der Waals surface area (Å²) in [7, 11) is 0. The van der Waals surface area contributed by atoms with Crippen LogP contribution < -0.4 is 15.8 Å². The fourth-order valence-corrected chi connectivity index (χ4v) is 4.17. The van der Waals surface area contributed by atoms with E-state index in [2.05, 4.69) is 27.1 Å². The highest BCUT2D eigenvalue weighted by Gasteiger charge is 2.34. The first-order valence-electron chi connectivity index (χ1n) is 9.33. The van der Waals surface area contributed by atoms with Crippen LogP contribution in [0.5, 0.6) is 0 Å². The summed E-state index contributed by atoms with van der Waals surface area (Å²) in [5, 5.41) is 2.85. The Balaban J connectivity index is 1.74. The van der Waals surface area contributed by atoms with E-state index >= 15 is 0 Å². The van der Waals surface area contributed by atoms with Gasteiger partial charge in [-0.25, -0.2) is 4.39 Å². The molecule has 1 saturated heterocycles. The number of benzene rings is 1. The molecule has 148 valence electrons. The molecule has 3 heterocycles. The molecular weight excluding hydrogens is 385 g/mol. The minimum Gasteiger partial charge on any atom is -0.340 e. The van der Waals surface area contributed by atoms with Crippen LogP contribution in [-0.2, 0) is 4.79 Å². The Labute approximate surface area is 166 Å². The van der Waals surface area contributed by atoms with Crippen LogP contribution in [0.3, 0.4) is 0 Å². The number of nitrogens with zero attached hydrogens (tertiary/aromatic N) is 3. The summed E-state index contributed by atoms with van der Waals surface area (Å²) in [5.41, 5.74) is 0.00154. The van der Waals surface area contributed by atoms with Gasteiger partial charge in [-0.3, -0.25) is 14.6 Å². The number of fused-ring (bicyclic) bond motifs is 1. The number of aromatic nitrogens is 2. The Kier molecular flexibility index (Phi) is 5.07. The van der Waals surface area contributed by atoms with E-state index in [1.54, 1.807) is 6.07 Å². The Morgan fingerprint density at radius 2 is 1.96 bits per heavy atom. The van der Waals surface area contributed by atoms with Gasteiger partial charge in [-0.2, -0.15) is 4.98 Å². The molecule has 2 N–H and O–H groups in total. The molecule has 0 saturated carbocycles. The van der Waals surface area contributed by atoms with Crippen LogP contribution in [-0.4, -0.2) is 53.5 Å². The van der Waals surface area contributed by atoms with Crippen molar-refractivity contribution in [1.29, 1.82) is 0 Å². The number of halogens is 2. The van der Waals surface area contributed by atoms with Gasteiger partial charge in [0.15, 0.2) is 0 Å². The molecular formula is C19H21ClFN5O2. The SMILES string of the molecule is CCN1CCN(c2nc3c(c(=O)[nH]2)[C@@H](c2c(F)cccc2Cl)CC(=O)N3)CC1. The molecule has 2 aliphatic rings. The van der Waals surface area contributed by atoms with Crippen LogP contribution >= 0.6 is 11.6 Å². The van der Waals surface area contributed by atoms with Gasteiger partial charge < -0.3 is 15.1 Å². The molecule has 1 amide bonds. The first-order chi connectivity index (χ1) is 13.5. The second-order valence-electron chi connectivity index (χ2n) is 7.01. The number of H-pyrrole nitrogens is 1. The molecule has 4 rings (SSSR count). The second kappa shape index (κ2) is 7.52. The molecule has 2 aliphatic heterocycles. The average Bonchev–Trinajstić information content (AvgIpc) is 2.67. The van der Waals surface area contributed by atoms with Crippen LogP contribution in [0.2, 0.25) is 5.02 Å². The molecule has 1 aromatic carbocycles. The highest BCUT2D eigenvalue weighted by molar-refractivity contribution is 6.31. The van der Waals surface area contributed by atoms with Crippen molar-refractivity contribution >= 4 is 29.3 Å². The number of hydrogen-bond acceptors (Lipinski definition) is 5. The van der Waals surface area contributed by atoms with Crippen molar-refractivity contribution in [2.45, 2.75) is 19.3 Å². The number of rotatable bonds is 3. The number of anilines is 2. The summed E-state index contributed by atoms with van der Waals surface area (Å²) in [5.74, 6) is -1.05. The van der Waals surface area contributed by atoms with E-state index in [0.717, 1.165) is 32.7 Å². The van der Waals surface area contributed by atoms with E-state index in [-0.39, 0.29) is 39.9 Å². The zero-order valence-corrected chi connectivity index (χ0v) is 16.2. The van der Waals surface area contributed by atoms with Crippen molar-refractivity contribution in [1.82, 2.24) is 14.9 Å². The van der Waals surface area contributed by atoms with Crippen molar-refractivity contribution in [3.05, 3.63) is 50.5 Å². The number of aromatic amines is 1. The van der Waals surface area contributed by atoms with Crippen molar-refractivity contribution in [2.75, 3.05) is 42.9 Å². The maximum atomic E-state index is 14.5. The largest absolute Gasteiger partial charge is 0.340 e. The maximum absolute atomic E-state index is 14.5. The molecule has 9 heteroatoms. The summed E-state index contributed by atoms with van der Waals surface area (Å²) >= 11 is 6.19. The van der Waals surface area contributed by atoms with Gasteiger partial charge in [-0.05, 0) is 18.7 Å². The Morgan fingerprint density at radius 3 is 2.64 bits per heavy atom. The predicted molar refractivity (Wildman–Crippen MR) is 106 cm³/mol. The molecule has 1 fully saturated rings. The van der Waals surface area contributed by atoms with Crippen LogP contribution in [0.4, 0.5) is 16.2 Å². The van der Waals surface area contributed by atoms with E-state index in [9.17, 15) is 14.0 Å². The first kappa shape index (κ1) is 18.9. The normalized spacial score (nSPS) is 20.0. The zero-order valence-electron chi connectivity index (χ0n) is 15.5. The van der Waals surface area contributed by atoms with Crippen molar-refractivity contribution in [2.24, 2.45) is 0 Å². The van der Waals surface area contributed by atoms with Gasteiger partial charge >= 0.3 is 0 Å². The van der Waals surface area contributed by atoms with E-state index in [1.165, 1.54) is 12.1 Å². The van der Waals surface area contributed by atoms with Crippen molar-refractivity contribution in [3.63, 3.8) is 0 Å². The Bertz CT molecular complexity index is 951. The third-order valence-corrected chi connectivity index (χ3v) is 5.74. The minimum atomic E-state index is -0.778. The molecule has 0 bridgehead atoms. The maximum Gasteiger partial charge on any atom is 0.258 e. The minimum absolute atomic E-state index is 0.0626. The molecule has 0 spiro atoms. The molecule has 2 aromatic rings. The molecule has 1 atom stereocenters. The number of nitrogens with one attached hydrogen (secondary N) is 2. The number of carbonyl (C=O) groups excluding carboxylic acids is 1. The summed E-state index contributed by atoms with van der Waals surface area (Å²) < 4.78 is 14.5. The summed E-state index contributed by atoms with van der Waals surface area (Å²) in [6, 6.07) is 4.32. The van der Waals surface area contributed by atoms with Gasteiger partial charge in [0.05, 0.1) is 5.56 Å². The van der Waals surface area contributed by atoms with Gasteiger partial charge in [0, 0.05) is 49.1 Å². The number of likely N-dealkylation sites (N-methyl/N-ethyl adjacent to an activating group) is 1. The second-order valence-corrected chi connectivity index (χ2v) is 7.42. The van der Waals surface area contributed by atoms with E-state index in [4.69, 9.17) is 11.6 Å². The number of piperazine rings is 1. The highest BCUT2D eigenvalue weighted by Crippen LogP contribution is 2.38. The van der Waals surface area contributed by atoms with Crippen LogP contribution in [0.15, 0.2) is 23.0 Å². The lowest BCUT2D eigenvalue weighted by atomic mass is 9.86. The average molecular weight is 406 g/mol. The van der Waals surface area contributed by atoms with E-state index in [0.29, 0.717) is 5.95 Å². The quantitative estimate of drug-likeness (QED) is 0.818. The van der Waals surface area contributed by atoms with Crippen LogP contribution in [0, 0.1) is 5.82 Å². The Hall–Kier alpha value is -2.45. The third-order valence-electron chi connectivity index (χ3n) is 5.41. The number of carbonyl (C=O) groups is 1. The predicted octanol–water partition coefficient (Wildman–Crippen LogP) is 2.18. The van der Waals surface area contributed by atoms with E-state index < -0.39 is 11.7 Å². The van der Waals surface area contributed by atoms with Gasteiger partial charge in [-0.1, -0.05) is 24.6 Å². The molecule has 1 aromatic heterocycles. The monoisotopic (exact) mass is 405 g/mol. The molecule has 7 nitrogen and oxygen atoms in total. The lowest BCUT2D eigenvalue weighted by Crippen LogP contribution is -2.47. The zero-order chi connectivity index (χ0) is 19.8. The number of amides is 1. The van der Waals surface area contributed by atoms with E-state index in [1.807, 2.05) is 4.90 Å². The number of hydrogen-bond donors (Lipinski definition) is 2. The van der Waals surface area contributed by atoms with Gasteiger partial charge in [-0.15, -0.1) is 0 Å². The van der Waals surface area contributed by atoms with Crippen LogP contribution in [0.1, 0.15) is 30.4 Å². The third kappa shape index (κ3) is 3.38. The lowest BCUT2D eigenvalue weighted by Gasteiger charge is -2.35. The van der Waals surface area contributed by atoms with Crippen molar-refractivity contribution in [3.8, 4) is 0 Å². The topological polar surface area (TPSA) is 81.3 Å². The summed E-state index contributed by atoms with van der Waals surface area (Å²) in [6.07, 6.45) is -0.0626.